The van der Waals surface area contributed by atoms with E-state index in [1.165, 1.54) is 18.5 Å². The molecule has 3 N–H and O–H groups in total. The maximum absolute atomic E-state index is 14.0. The lowest BCUT2D eigenvalue weighted by molar-refractivity contribution is 0.0254. The lowest BCUT2D eigenvalue weighted by atomic mass is 9.90. The Hall–Kier alpha value is -3.31. The van der Waals surface area contributed by atoms with Crippen molar-refractivity contribution in [2.45, 2.75) is 6.10 Å². The van der Waals surface area contributed by atoms with E-state index in [0.29, 0.717) is 35.7 Å². The molecule has 0 saturated carbocycles. The zero-order valence-electron chi connectivity index (χ0n) is 18.9. The van der Waals surface area contributed by atoms with Crippen LogP contribution in [0.15, 0.2) is 64.8 Å². The topological polar surface area (TPSA) is 98.8 Å². The molecule has 1 aliphatic heterocycles. The van der Waals surface area contributed by atoms with Gasteiger partial charge in [-0.25, -0.2) is 19.3 Å². The maximum atomic E-state index is 14.0. The number of nitrogen functional groups attached to an aromatic ring is 1. The number of nitrogens with zero attached hydrogens (tertiary/aromatic N) is 4. The highest BCUT2D eigenvalue weighted by Gasteiger charge is 2.27. The fourth-order valence-corrected chi connectivity index (χ4v) is 6.00. The van der Waals surface area contributed by atoms with Crippen LogP contribution < -0.4 is 11.1 Å². The number of halogens is 2. The fourth-order valence-electron chi connectivity index (χ4n) is 4.52. The van der Waals surface area contributed by atoms with Crippen LogP contribution in [0.25, 0.3) is 43.9 Å². The summed E-state index contributed by atoms with van der Waals surface area (Å²) in [5.41, 5.74) is 11.6. The zero-order valence-corrected chi connectivity index (χ0v) is 21.3. The smallest absolute Gasteiger partial charge is 0.165 e. The molecule has 1 aromatic carbocycles. The van der Waals surface area contributed by atoms with E-state index < -0.39 is 0 Å². The third-order valence-electron chi connectivity index (χ3n) is 6.08. The van der Waals surface area contributed by atoms with Gasteiger partial charge in [0.15, 0.2) is 5.65 Å². The molecule has 5 heterocycles. The Labute approximate surface area is 218 Å². The van der Waals surface area contributed by atoms with E-state index in [0.717, 1.165) is 43.8 Å². The number of nitrogens with one attached hydrogen (secondary N) is 1. The number of thiophene rings is 1. The number of aromatic nitrogens is 4. The third kappa shape index (κ3) is 4.16. The van der Waals surface area contributed by atoms with Crippen molar-refractivity contribution in [2.75, 3.05) is 25.4 Å². The van der Waals surface area contributed by atoms with E-state index in [-0.39, 0.29) is 11.9 Å². The molecule has 0 spiro atoms. The van der Waals surface area contributed by atoms with E-state index in [1.807, 2.05) is 23.6 Å². The summed E-state index contributed by atoms with van der Waals surface area (Å²) in [7, 11) is 0. The second-order valence-electron chi connectivity index (χ2n) is 8.30. The number of anilines is 1. The van der Waals surface area contributed by atoms with Crippen molar-refractivity contribution < 1.29 is 9.13 Å². The van der Waals surface area contributed by atoms with Crippen LogP contribution in [0.5, 0.6) is 0 Å². The molecule has 1 saturated heterocycles. The van der Waals surface area contributed by atoms with Gasteiger partial charge in [0.05, 0.1) is 23.4 Å². The first-order valence-electron chi connectivity index (χ1n) is 11.3. The van der Waals surface area contributed by atoms with Crippen molar-refractivity contribution in [3.05, 3.63) is 76.4 Å². The summed E-state index contributed by atoms with van der Waals surface area (Å²) in [6.45, 7) is 2.03. The summed E-state index contributed by atoms with van der Waals surface area (Å²) < 4.78 is 21.0. The molecule has 5 aromatic rings. The average Bonchev–Trinajstić information content (AvgIpc) is 3.35. The standard InChI is InChI=1S/C26H20BrFN6OS/c27-15-10-19(36-12-15)21-20(14-3-5-16(28)6-4-14)24(34-26-22(21)25(29)32-13-33-26)17-2-1-7-31-23(17)18-11-30-8-9-35-18/h1-7,10,12-13,18,30H,8-9,11H2,(H2,29,32,33,34). The number of fused-ring (bicyclic) bond motifs is 1. The van der Waals surface area contributed by atoms with Gasteiger partial charge in [0.25, 0.3) is 0 Å². The van der Waals surface area contributed by atoms with Gasteiger partial charge in [0.2, 0.25) is 0 Å². The summed E-state index contributed by atoms with van der Waals surface area (Å²) in [4.78, 5) is 19.4. The maximum Gasteiger partial charge on any atom is 0.165 e. The average molecular weight is 563 g/mol. The number of rotatable bonds is 4. The van der Waals surface area contributed by atoms with Gasteiger partial charge in [-0.1, -0.05) is 12.1 Å². The Morgan fingerprint density at radius 2 is 1.97 bits per heavy atom. The van der Waals surface area contributed by atoms with Crippen LogP contribution in [-0.4, -0.2) is 39.6 Å². The Morgan fingerprint density at radius 3 is 2.72 bits per heavy atom. The molecule has 6 rings (SSSR count). The molecule has 1 unspecified atom stereocenters. The molecule has 1 aliphatic rings. The molecule has 1 fully saturated rings. The molecular weight excluding hydrogens is 543 g/mol. The molecule has 0 amide bonds. The van der Waals surface area contributed by atoms with Crippen LogP contribution in [-0.2, 0) is 4.74 Å². The molecule has 180 valence electrons. The summed E-state index contributed by atoms with van der Waals surface area (Å²) >= 11 is 5.14. The van der Waals surface area contributed by atoms with E-state index in [2.05, 4.69) is 31.2 Å². The Kier molecular flexibility index (Phi) is 6.18. The predicted molar refractivity (Wildman–Crippen MR) is 143 cm³/mol. The molecule has 0 aliphatic carbocycles. The number of benzene rings is 1. The van der Waals surface area contributed by atoms with Crippen LogP contribution in [0.4, 0.5) is 10.2 Å². The number of morpholine rings is 1. The minimum Gasteiger partial charge on any atom is -0.383 e. The molecule has 7 nitrogen and oxygen atoms in total. The van der Waals surface area contributed by atoms with Crippen molar-refractivity contribution in [3.63, 3.8) is 0 Å². The first kappa shape index (κ1) is 23.1. The third-order valence-corrected chi connectivity index (χ3v) is 7.79. The number of hydrogen-bond donors (Lipinski definition) is 2. The Bertz CT molecular complexity index is 1570. The highest BCUT2D eigenvalue weighted by atomic mass is 79.9. The van der Waals surface area contributed by atoms with Crippen molar-refractivity contribution >= 4 is 44.1 Å². The molecule has 36 heavy (non-hydrogen) atoms. The number of pyridine rings is 2. The first-order valence-corrected chi connectivity index (χ1v) is 13.0. The number of ether oxygens (including phenoxy) is 1. The predicted octanol–water partition coefficient (Wildman–Crippen LogP) is 5.63. The van der Waals surface area contributed by atoms with Crippen LogP contribution in [0.2, 0.25) is 0 Å². The lowest BCUT2D eigenvalue weighted by Gasteiger charge is -2.25. The summed E-state index contributed by atoms with van der Waals surface area (Å²) in [6.07, 6.45) is 2.94. The largest absolute Gasteiger partial charge is 0.383 e. The molecule has 0 radical (unpaired) electrons. The second kappa shape index (κ2) is 9.62. The van der Waals surface area contributed by atoms with Gasteiger partial charge in [0.1, 0.15) is 24.1 Å². The van der Waals surface area contributed by atoms with Crippen molar-refractivity contribution in [1.82, 2.24) is 25.3 Å². The SMILES string of the molecule is Nc1ncnc2nc(-c3cccnc3C3CNCCO3)c(-c3ccc(F)cc3)c(-c3cc(Br)cs3)c12. The van der Waals surface area contributed by atoms with Gasteiger partial charge in [-0.15, -0.1) is 11.3 Å². The Balaban J connectivity index is 1.74. The van der Waals surface area contributed by atoms with E-state index in [9.17, 15) is 4.39 Å². The van der Waals surface area contributed by atoms with Crippen molar-refractivity contribution in [1.29, 1.82) is 0 Å². The lowest BCUT2D eigenvalue weighted by Crippen LogP contribution is -2.34. The highest BCUT2D eigenvalue weighted by molar-refractivity contribution is 9.10. The van der Waals surface area contributed by atoms with Gasteiger partial charge in [-0.2, -0.15) is 0 Å². The molecule has 0 bridgehead atoms. The minimum absolute atomic E-state index is 0.233. The minimum atomic E-state index is -0.318. The first-order chi connectivity index (χ1) is 17.6. The van der Waals surface area contributed by atoms with Gasteiger partial charge in [-0.05, 0) is 51.8 Å². The van der Waals surface area contributed by atoms with Crippen LogP contribution in [0.3, 0.4) is 0 Å². The summed E-state index contributed by atoms with van der Waals surface area (Å²) in [6, 6.07) is 12.3. The molecule has 1 atom stereocenters. The second-order valence-corrected chi connectivity index (χ2v) is 10.1. The molecule has 10 heteroatoms. The molecular formula is C26H20BrFN6OS. The van der Waals surface area contributed by atoms with Gasteiger partial charge < -0.3 is 15.8 Å². The van der Waals surface area contributed by atoms with E-state index >= 15 is 0 Å². The quantitative estimate of drug-likeness (QED) is 0.293. The van der Waals surface area contributed by atoms with Gasteiger partial charge >= 0.3 is 0 Å². The van der Waals surface area contributed by atoms with Crippen molar-refractivity contribution in [3.8, 4) is 32.8 Å². The van der Waals surface area contributed by atoms with E-state index in [4.69, 9.17) is 20.4 Å². The summed E-state index contributed by atoms with van der Waals surface area (Å²) in [5.74, 6) is 0.00854. The summed E-state index contributed by atoms with van der Waals surface area (Å²) in [5, 5.41) is 6.03. The number of nitrogens with two attached hydrogens (primary N) is 1. The van der Waals surface area contributed by atoms with Crippen LogP contribution in [0.1, 0.15) is 11.8 Å². The monoisotopic (exact) mass is 562 g/mol. The van der Waals surface area contributed by atoms with Crippen LogP contribution in [0, 0.1) is 5.82 Å². The van der Waals surface area contributed by atoms with E-state index in [1.54, 1.807) is 29.7 Å². The zero-order chi connectivity index (χ0) is 24.6. The van der Waals surface area contributed by atoms with Gasteiger partial charge in [0, 0.05) is 50.7 Å². The van der Waals surface area contributed by atoms with Crippen LogP contribution >= 0.6 is 27.3 Å². The Morgan fingerprint density at radius 1 is 1.11 bits per heavy atom. The van der Waals surface area contributed by atoms with Crippen molar-refractivity contribution in [2.24, 2.45) is 0 Å². The fraction of sp³-hybridized carbons (Fsp3) is 0.154. The normalized spacial score (nSPS) is 15.9. The number of hydrogen-bond acceptors (Lipinski definition) is 8. The highest BCUT2D eigenvalue weighted by Crippen LogP contribution is 2.47. The molecule has 4 aromatic heterocycles. The van der Waals surface area contributed by atoms with Gasteiger partial charge in [-0.3, -0.25) is 4.98 Å².